The van der Waals surface area contributed by atoms with Gasteiger partial charge >= 0.3 is 0 Å². The van der Waals surface area contributed by atoms with Crippen LogP contribution in [-0.2, 0) is 9.53 Å². The molecule has 1 fully saturated rings. The zero-order valence-corrected chi connectivity index (χ0v) is 9.87. The van der Waals surface area contributed by atoms with Crippen LogP contribution in [0.2, 0.25) is 0 Å². The third kappa shape index (κ3) is 3.73. The van der Waals surface area contributed by atoms with Crippen LogP contribution in [0.4, 0.5) is 0 Å². The summed E-state index contributed by atoms with van der Waals surface area (Å²) in [5.41, 5.74) is 4.99. The molecular formula is C11H22N2O3. The minimum atomic E-state index is -0.482. The molecule has 1 atom stereocenters. The molecule has 1 saturated heterocycles. The van der Waals surface area contributed by atoms with Crippen molar-refractivity contribution in [3.8, 4) is 0 Å². The van der Waals surface area contributed by atoms with E-state index < -0.39 is 5.54 Å². The highest BCUT2D eigenvalue weighted by atomic mass is 16.5. The summed E-state index contributed by atoms with van der Waals surface area (Å²) in [6.45, 7) is 3.59. The predicted octanol–water partition coefficient (Wildman–Crippen LogP) is -0.371. The Hall–Kier alpha value is -0.650. The van der Waals surface area contributed by atoms with Crippen molar-refractivity contribution in [2.75, 3.05) is 26.4 Å². The maximum absolute atomic E-state index is 11.7. The Balaban J connectivity index is 2.45. The van der Waals surface area contributed by atoms with Gasteiger partial charge in [-0.2, -0.15) is 0 Å². The number of aliphatic hydroxyl groups is 1. The van der Waals surface area contributed by atoms with Gasteiger partial charge in [-0.15, -0.1) is 0 Å². The Kier molecular flexibility index (Phi) is 5.18. The molecule has 4 N–H and O–H groups in total. The van der Waals surface area contributed by atoms with Gasteiger partial charge in [-0.1, -0.05) is 6.92 Å². The van der Waals surface area contributed by atoms with E-state index in [0.717, 1.165) is 0 Å². The van der Waals surface area contributed by atoms with Crippen LogP contribution in [0.1, 0.15) is 26.2 Å². The lowest BCUT2D eigenvalue weighted by Gasteiger charge is -2.36. The molecule has 0 aromatic rings. The van der Waals surface area contributed by atoms with Crippen LogP contribution in [0.25, 0.3) is 0 Å². The highest BCUT2D eigenvalue weighted by Crippen LogP contribution is 2.20. The fourth-order valence-corrected chi connectivity index (χ4v) is 1.83. The predicted molar refractivity (Wildman–Crippen MR) is 60.8 cm³/mol. The summed E-state index contributed by atoms with van der Waals surface area (Å²) in [7, 11) is 0. The lowest BCUT2D eigenvalue weighted by atomic mass is 9.90. The van der Waals surface area contributed by atoms with E-state index in [0.29, 0.717) is 39.0 Å². The molecular weight excluding hydrogens is 208 g/mol. The van der Waals surface area contributed by atoms with E-state index in [4.69, 9.17) is 10.5 Å². The number of ether oxygens (including phenoxy) is 1. The average molecular weight is 230 g/mol. The quantitative estimate of drug-likeness (QED) is 0.601. The van der Waals surface area contributed by atoms with E-state index in [1.807, 2.05) is 6.92 Å². The molecule has 16 heavy (non-hydrogen) atoms. The number of carbonyl (C=O) groups is 1. The summed E-state index contributed by atoms with van der Waals surface area (Å²) >= 11 is 0. The van der Waals surface area contributed by atoms with Crippen molar-refractivity contribution >= 4 is 5.91 Å². The van der Waals surface area contributed by atoms with Crippen molar-refractivity contribution in [2.45, 2.75) is 31.7 Å². The molecule has 5 heteroatoms. The highest BCUT2D eigenvalue weighted by Gasteiger charge is 2.33. The molecule has 0 aromatic carbocycles. The number of hydrogen-bond donors (Lipinski definition) is 3. The zero-order chi connectivity index (χ0) is 12.0. The zero-order valence-electron chi connectivity index (χ0n) is 9.87. The van der Waals surface area contributed by atoms with Crippen molar-refractivity contribution in [3.05, 3.63) is 0 Å². The Morgan fingerprint density at radius 2 is 2.19 bits per heavy atom. The smallest absolute Gasteiger partial charge is 0.220 e. The average Bonchev–Trinajstić information content (AvgIpc) is 2.29. The molecule has 0 radical (unpaired) electrons. The van der Waals surface area contributed by atoms with Crippen LogP contribution in [-0.4, -0.2) is 42.9 Å². The first-order chi connectivity index (χ1) is 7.62. The lowest BCUT2D eigenvalue weighted by Crippen LogP contribution is -2.54. The van der Waals surface area contributed by atoms with Crippen LogP contribution in [0.5, 0.6) is 0 Å². The molecule has 0 saturated carbocycles. The second kappa shape index (κ2) is 6.18. The van der Waals surface area contributed by atoms with E-state index in [1.54, 1.807) is 0 Å². The molecule has 1 aliphatic heterocycles. The van der Waals surface area contributed by atoms with Crippen molar-refractivity contribution < 1.29 is 14.6 Å². The highest BCUT2D eigenvalue weighted by molar-refractivity contribution is 5.77. The van der Waals surface area contributed by atoms with Gasteiger partial charge in [0.25, 0.3) is 0 Å². The summed E-state index contributed by atoms with van der Waals surface area (Å²) < 4.78 is 5.23. The van der Waals surface area contributed by atoms with Crippen LogP contribution in [0, 0.1) is 5.92 Å². The second-order valence-corrected chi connectivity index (χ2v) is 4.64. The number of hydrogen-bond acceptors (Lipinski definition) is 4. The number of carbonyl (C=O) groups excluding carboxylic acids is 1. The standard InChI is InChI=1S/C11H22N2O3/c1-9(7-12)6-10(15)13-11(8-14)2-4-16-5-3-11/h9,14H,2-8,12H2,1H3,(H,13,15). The molecule has 0 aliphatic carbocycles. The molecule has 0 aromatic heterocycles. The third-order valence-electron chi connectivity index (χ3n) is 3.09. The van der Waals surface area contributed by atoms with Gasteiger partial charge in [0.15, 0.2) is 0 Å². The van der Waals surface area contributed by atoms with E-state index >= 15 is 0 Å². The second-order valence-electron chi connectivity index (χ2n) is 4.64. The molecule has 94 valence electrons. The first kappa shape index (κ1) is 13.4. The molecule has 1 unspecified atom stereocenters. The largest absolute Gasteiger partial charge is 0.394 e. The van der Waals surface area contributed by atoms with Gasteiger partial charge in [0.05, 0.1) is 12.1 Å². The van der Waals surface area contributed by atoms with E-state index in [1.165, 1.54) is 0 Å². The van der Waals surface area contributed by atoms with Crippen LogP contribution >= 0.6 is 0 Å². The minimum absolute atomic E-state index is 0.0287. The summed E-state index contributed by atoms with van der Waals surface area (Å²) in [5.74, 6) is 0.143. The van der Waals surface area contributed by atoms with Crippen molar-refractivity contribution in [3.63, 3.8) is 0 Å². The Morgan fingerprint density at radius 1 is 1.56 bits per heavy atom. The minimum Gasteiger partial charge on any atom is -0.394 e. The van der Waals surface area contributed by atoms with Crippen LogP contribution < -0.4 is 11.1 Å². The van der Waals surface area contributed by atoms with Crippen molar-refractivity contribution in [1.82, 2.24) is 5.32 Å². The monoisotopic (exact) mass is 230 g/mol. The summed E-state index contributed by atoms with van der Waals surface area (Å²) in [6, 6.07) is 0. The van der Waals surface area contributed by atoms with Gasteiger partial charge in [-0.3, -0.25) is 4.79 Å². The molecule has 0 spiro atoms. The SMILES string of the molecule is CC(CN)CC(=O)NC1(CO)CCOCC1. The number of aliphatic hydroxyl groups excluding tert-OH is 1. The number of rotatable bonds is 5. The van der Waals surface area contributed by atoms with E-state index in [2.05, 4.69) is 5.32 Å². The van der Waals surface area contributed by atoms with Gasteiger partial charge in [-0.05, 0) is 25.3 Å². The van der Waals surface area contributed by atoms with Gasteiger partial charge in [0, 0.05) is 19.6 Å². The molecule has 1 amide bonds. The van der Waals surface area contributed by atoms with Crippen molar-refractivity contribution in [1.29, 1.82) is 0 Å². The third-order valence-corrected chi connectivity index (χ3v) is 3.09. The van der Waals surface area contributed by atoms with Gasteiger partial charge in [0.1, 0.15) is 0 Å². The fraction of sp³-hybridized carbons (Fsp3) is 0.909. The number of nitrogens with two attached hydrogens (primary N) is 1. The Labute approximate surface area is 96.3 Å². The normalized spacial score (nSPS) is 21.4. The molecule has 1 aliphatic rings. The van der Waals surface area contributed by atoms with E-state index in [-0.39, 0.29) is 18.4 Å². The summed E-state index contributed by atoms with van der Waals surface area (Å²) in [5, 5.41) is 12.3. The number of nitrogens with one attached hydrogen (secondary N) is 1. The molecule has 5 nitrogen and oxygen atoms in total. The lowest BCUT2D eigenvalue weighted by molar-refractivity contribution is -0.126. The summed E-state index contributed by atoms with van der Waals surface area (Å²) in [6.07, 6.45) is 1.76. The van der Waals surface area contributed by atoms with E-state index in [9.17, 15) is 9.90 Å². The van der Waals surface area contributed by atoms with Gasteiger partial charge < -0.3 is 20.9 Å². The Bertz CT molecular complexity index is 227. The first-order valence-corrected chi connectivity index (χ1v) is 5.81. The summed E-state index contributed by atoms with van der Waals surface area (Å²) in [4.78, 5) is 11.7. The molecule has 0 bridgehead atoms. The molecule has 1 rings (SSSR count). The maximum atomic E-state index is 11.7. The van der Waals surface area contributed by atoms with Crippen LogP contribution in [0.15, 0.2) is 0 Å². The van der Waals surface area contributed by atoms with Crippen molar-refractivity contribution in [2.24, 2.45) is 11.7 Å². The first-order valence-electron chi connectivity index (χ1n) is 5.81. The number of amides is 1. The van der Waals surface area contributed by atoms with Crippen LogP contribution in [0.3, 0.4) is 0 Å². The fourth-order valence-electron chi connectivity index (χ4n) is 1.83. The molecule has 1 heterocycles. The van der Waals surface area contributed by atoms with Gasteiger partial charge in [-0.25, -0.2) is 0 Å². The maximum Gasteiger partial charge on any atom is 0.220 e. The topological polar surface area (TPSA) is 84.6 Å². The van der Waals surface area contributed by atoms with Gasteiger partial charge in [0.2, 0.25) is 5.91 Å². The Morgan fingerprint density at radius 3 is 2.69 bits per heavy atom.